The molecule has 1 aromatic heterocycles. The van der Waals surface area contributed by atoms with Gasteiger partial charge >= 0.3 is 0 Å². The summed E-state index contributed by atoms with van der Waals surface area (Å²) in [5.74, 6) is 0. The van der Waals surface area contributed by atoms with E-state index in [0.717, 1.165) is 16.6 Å². The quantitative estimate of drug-likeness (QED) is 0.233. The summed E-state index contributed by atoms with van der Waals surface area (Å²) in [5.41, 5.74) is 12.0. The second-order valence-corrected chi connectivity index (χ2v) is 10.5. The van der Waals surface area contributed by atoms with E-state index in [-0.39, 0.29) is 0 Å². The van der Waals surface area contributed by atoms with Crippen molar-refractivity contribution >= 4 is 43.5 Å². The van der Waals surface area contributed by atoms with Crippen molar-refractivity contribution < 1.29 is 4.42 Å². The molecule has 7 aromatic carbocycles. The summed E-state index contributed by atoms with van der Waals surface area (Å²) in [6.45, 7) is 0. The Kier molecular flexibility index (Phi) is 4.11. The van der Waals surface area contributed by atoms with Gasteiger partial charge in [-0.05, 0) is 90.3 Å². The summed E-state index contributed by atoms with van der Waals surface area (Å²) in [6.07, 6.45) is 0. The Morgan fingerprint density at radius 3 is 1.85 bits per heavy atom. The van der Waals surface area contributed by atoms with Crippen LogP contribution in [0, 0.1) is 0 Å². The van der Waals surface area contributed by atoms with Crippen LogP contribution in [-0.2, 0) is 0 Å². The molecule has 0 spiro atoms. The number of rotatable bonds is 2. The Morgan fingerprint density at radius 2 is 0.974 bits per heavy atom. The van der Waals surface area contributed by atoms with E-state index in [1.807, 2.05) is 0 Å². The first kappa shape index (κ1) is 20.9. The van der Waals surface area contributed by atoms with Crippen LogP contribution in [0.1, 0.15) is 0 Å². The lowest BCUT2D eigenvalue weighted by Gasteiger charge is -2.11. The summed E-state index contributed by atoms with van der Waals surface area (Å²) in [7, 11) is 0. The monoisotopic (exact) mass is 494 g/mol. The Labute approximate surface area is 225 Å². The third kappa shape index (κ3) is 2.90. The number of hydrogen-bond acceptors (Lipinski definition) is 1. The Bertz CT molecular complexity index is 2250. The number of benzene rings is 7. The highest BCUT2D eigenvalue weighted by Gasteiger charge is 2.23. The number of furan rings is 1. The van der Waals surface area contributed by atoms with Crippen LogP contribution in [0.15, 0.2) is 138 Å². The first-order chi connectivity index (χ1) is 19.3. The van der Waals surface area contributed by atoms with Crippen molar-refractivity contribution in [3.8, 4) is 44.5 Å². The third-order valence-electron chi connectivity index (χ3n) is 8.42. The predicted molar refractivity (Wildman–Crippen MR) is 164 cm³/mol. The molecule has 0 atom stereocenters. The molecule has 39 heavy (non-hydrogen) atoms. The van der Waals surface area contributed by atoms with Crippen LogP contribution >= 0.6 is 0 Å². The van der Waals surface area contributed by atoms with Gasteiger partial charge in [0.2, 0.25) is 0 Å². The van der Waals surface area contributed by atoms with E-state index < -0.39 is 0 Å². The molecule has 0 saturated heterocycles. The molecular formula is C38H22O. The van der Waals surface area contributed by atoms with Gasteiger partial charge in [-0.15, -0.1) is 0 Å². The van der Waals surface area contributed by atoms with Gasteiger partial charge in [0, 0.05) is 10.8 Å². The average Bonchev–Trinajstić information content (AvgIpc) is 3.54. The van der Waals surface area contributed by atoms with Crippen LogP contribution in [0.4, 0.5) is 0 Å². The second kappa shape index (κ2) is 7.69. The fourth-order valence-electron chi connectivity index (χ4n) is 6.64. The predicted octanol–water partition coefficient (Wildman–Crippen LogP) is 10.9. The van der Waals surface area contributed by atoms with Gasteiger partial charge in [0.05, 0.1) is 0 Å². The number of fused-ring (bicyclic) bond motifs is 7. The van der Waals surface area contributed by atoms with Gasteiger partial charge in [-0.25, -0.2) is 0 Å². The fourth-order valence-corrected chi connectivity index (χ4v) is 6.64. The van der Waals surface area contributed by atoms with E-state index in [0.29, 0.717) is 0 Å². The molecular weight excluding hydrogens is 472 g/mol. The molecule has 0 amide bonds. The zero-order valence-corrected chi connectivity index (χ0v) is 21.1. The summed E-state index contributed by atoms with van der Waals surface area (Å²) < 4.78 is 6.40. The smallest absolute Gasteiger partial charge is 0.136 e. The molecule has 1 nitrogen and oxygen atoms in total. The Morgan fingerprint density at radius 1 is 0.333 bits per heavy atom. The maximum absolute atomic E-state index is 6.40. The number of hydrogen-bond donors (Lipinski definition) is 0. The molecule has 9 rings (SSSR count). The van der Waals surface area contributed by atoms with Gasteiger partial charge in [-0.3, -0.25) is 0 Å². The van der Waals surface area contributed by atoms with Crippen LogP contribution in [0.2, 0.25) is 0 Å². The summed E-state index contributed by atoms with van der Waals surface area (Å²) in [4.78, 5) is 0. The average molecular weight is 495 g/mol. The minimum absolute atomic E-state index is 0.917. The fraction of sp³-hybridized carbons (Fsp3) is 0. The van der Waals surface area contributed by atoms with Gasteiger partial charge in [-0.2, -0.15) is 0 Å². The molecule has 1 aliphatic carbocycles. The highest BCUT2D eigenvalue weighted by atomic mass is 16.3. The Hall–Kier alpha value is -5.14. The normalized spacial score (nSPS) is 12.1. The zero-order valence-electron chi connectivity index (χ0n) is 21.1. The highest BCUT2D eigenvalue weighted by molar-refractivity contribution is 6.22. The topological polar surface area (TPSA) is 13.1 Å². The third-order valence-corrected chi connectivity index (χ3v) is 8.42. The SMILES string of the molecule is c1ccc2c(c1)-c1cccc3c(-c4cccc5oc6ccc(-c7ccc8ccccc8c7)cc6c45)ccc-2c13. The molecule has 1 heterocycles. The molecule has 0 radical (unpaired) electrons. The molecule has 1 aliphatic rings. The molecule has 0 N–H and O–H groups in total. The van der Waals surface area contributed by atoms with E-state index in [1.165, 1.54) is 71.4 Å². The first-order valence-electron chi connectivity index (χ1n) is 13.4. The van der Waals surface area contributed by atoms with Crippen molar-refractivity contribution in [3.05, 3.63) is 133 Å². The van der Waals surface area contributed by atoms with Crippen LogP contribution in [0.5, 0.6) is 0 Å². The lowest BCUT2D eigenvalue weighted by Crippen LogP contribution is -1.85. The van der Waals surface area contributed by atoms with Crippen LogP contribution in [0.25, 0.3) is 88.0 Å². The largest absolute Gasteiger partial charge is 0.456 e. The molecule has 0 fully saturated rings. The van der Waals surface area contributed by atoms with E-state index in [2.05, 4.69) is 133 Å². The van der Waals surface area contributed by atoms with E-state index in [4.69, 9.17) is 4.42 Å². The van der Waals surface area contributed by atoms with Crippen molar-refractivity contribution in [1.29, 1.82) is 0 Å². The van der Waals surface area contributed by atoms with Gasteiger partial charge in [0.25, 0.3) is 0 Å². The molecule has 1 heteroatoms. The molecule has 8 aromatic rings. The van der Waals surface area contributed by atoms with Gasteiger partial charge in [0.15, 0.2) is 0 Å². The van der Waals surface area contributed by atoms with Crippen LogP contribution in [-0.4, -0.2) is 0 Å². The maximum atomic E-state index is 6.40. The summed E-state index contributed by atoms with van der Waals surface area (Å²) in [6, 6.07) is 48.3. The molecule has 180 valence electrons. The van der Waals surface area contributed by atoms with E-state index in [1.54, 1.807) is 0 Å². The highest BCUT2D eigenvalue weighted by Crippen LogP contribution is 2.50. The van der Waals surface area contributed by atoms with Crippen molar-refractivity contribution in [3.63, 3.8) is 0 Å². The van der Waals surface area contributed by atoms with Crippen molar-refractivity contribution in [2.24, 2.45) is 0 Å². The van der Waals surface area contributed by atoms with Crippen molar-refractivity contribution in [2.75, 3.05) is 0 Å². The van der Waals surface area contributed by atoms with Gasteiger partial charge in [-0.1, -0.05) is 109 Å². The second-order valence-electron chi connectivity index (χ2n) is 10.5. The minimum Gasteiger partial charge on any atom is -0.456 e. The molecule has 0 bridgehead atoms. The Balaban J connectivity index is 1.30. The molecule has 0 saturated carbocycles. The zero-order chi connectivity index (χ0) is 25.5. The standard InChI is InChI=1S/C38H22O/c1-2-8-24-21-25(16-15-23(24)7-1)26-17-20-35-34(22-26)38-32(13-6-14-36(38)39-35)29-18-19-33-28-10-4-3-9-27(28)30-11-5-12-31(29)37(30)33/h1-22H. The van der Waals surface area contributed by atoms with Crippen LogP contribution in [0.3, 0.4) is 0 Å². The lowest BCUT2D eigenvalue weighted by atomic mass is 9.91. The van der Waals surface area contributed by atoms with E-state index >= 15 is 0 Å². The molecule has 0 aliphatic heterocycles. The first-order valence-corrected chi connectivity index (χ1v) is 13.4. The van der Waals surface area contributed by atoms with Crippen molar-refractivity contribution in [2.45, 2.75) is 0 Å². The van der Waals surface area contributed by atoms with Crippen LogP contribution < -0.4 is 0 Å². The van der Waals surface area contributed by atoms with E-state index in [9.17, 15) is 0 Å². The molecule has 0 unspecified atom stereocenters. The summed E-state index contributed by atoms with van der Waals surface area (Å²) >= 11 is 0. The van der Waals surface area contributed by atoms with Gasteiger partial charge in [0.1, 0.15) is 11.2 Å². The maximum Gasteiger partial charge on any atom is 0.136 e. The minimum atomic E-state index is 0.917. The van der Waals surface area contributed by atoms with Gasteiger partial charge < -0.3 is 4.42 Å². The lowest BCUT2D eigenvalue weighted by molar-refractivity contribution is 0.669. The van der Waals surface area contributed by atoms with Crippen molar-refractivity contribution in [1.82, 2.24) is 0 Å². The summed E-state index contributed by atoms with van der Waals surface area (Å²) in [5, 5.41) is 7.46.